The number of hydrogen-bond donors (Lipinski definition) is 1. The van der Waals surface area contributed by atoms with Crippen LogP contribution in [0.1, 0.15) is 37.8 Å². The van der Waals surface area contributed by atoms with Crippen LogP contribution < -0.4 is 14.8 Å². The van der Waals surface area contributed by atoms with Crippen LogP contribution in [0.3, 0.4) is 0 Å². The van der Waals surface area contributed by atoms with Gasteiger partial charge >= 0.3 is 0 Å². The van der Waals surface area contributed by atoms with Crippen molar-refractivity contribution in [2.75, 3.05) is 18.5 Å². The molecule has 0 atom stereocenters. The molecule has 0 bridgehead atoms. The summed E-state index contributed by atoms with van der Waals surface area (Å²) in [6, 6.07) is 13.8. The number of anilines is 1. The van der Waals surface area contributed by atoms with Gasteiger partial charge in [0.2, 0.25) is 5.91 Å². The van der Waals surface area contributed by atoms with E-state index in [9.17, 15) is 4.79 Å². The van der Waals surface area contributed by atoms with Gasteiger partial charge in [-0.25, -0.2) is 4.98 Å². The predicted octanol–water partition coefficient (Wildman–Crippen LogP) is 6.35. The second-order valence-electron chi connectivity index (χ2n) is 7.07. The number of carbonyl (C=O) groups is 1. The van der Waals surface area contributed by atoms with Gasteiger partial charge in [-0.2, -0.15) is 0 Å². The number of thiazole rings is 1. The number of ether oxygens (including phenoxy) is 2. The van der Waals surface area contributed by atoms with Crippen molar-refractivity contribution in [3.05, 3.63) is 65.0 Å². The minimum absolute atomic E-state index is 0.231. The molecule has 1 N–H and O–H groups in total. The van der Waals surface area contributed by atoms with Crippen LogP contribution in [-0.2, 0) is 4.79 Å². The average Bonchev–Trinajstić information content (AvgIpc) is 3.23. The fourth-order valence-corrected chi connectivity index (χ4v) is 3.57. The highest BCUT2D eigenvalue weighted by Crippen LogP contribution is 2.29. The van der Waals surface area contributed by atoms with Crippen molar-refractivity contribution < 1.29 is 14.3 Å². The zero-order valence-corrected chi connectivity index (χ0v) is 19.0. The van der Waals surface area contributed by atoms with E-state index in [0.29, 0.717) is 24.1 Å². The molecule has 0 fully saturated rings. The van der Waals surface area contributed by atoms with Gasteiger partial charge in [-0.05, 0) is 44.0 Å². The summed E-state index contributed by atoms with van der Waals surface area (Å²) in [4.78, 5) is 16.8. The van der Waals surface area contributed by atoms with Gasteiger partial charge < -0.3 is 9.47 Å². The first-order chi connectivity index (χ1) is 15.1. The fourth-order valence-electron chi connectivity index (χ4n) is 2.85. The van der Waals surface area contributed by atoms with Gasteiger partial charge in [-0.15, -0.1) is 11.3 Å². The van der Waals surface area contributed by atoms with Crippen LogP contribution in [0.5, 0.6) is 11.5 Å². The van der Waals surface area contributed by atoms with Crippen molar-refractivity contribution in [3.63, 3.8) is 0 Å². The molecule has 162 valence electrons. The first-order valence-electron chi connectivity index (χ1n) is 10.5. The lowest BCUT2D eigenvalue weighted by Gasteiger charge is -2.12. The van der Waals surface area contributed by atoms with Gasteiger partial charge in [-0.1, -0.05) is 49.2 Å². The van der Waals surface area contributed by atoms with Crippen LogP contribution >= 0.6 is 11.3 Å². The third-order valence-corrected chi connectivity index (χ3v) is 5.29. The summed E-state index contributed by atoms with van der Waals surface area (Å²) in [5, 5.41) is 5.33. The molecule has 3 aromatic rings. The molecule has 0 aliphatic heterocycles. The van der Waals surface area contributed by atoms with Crippen LogP contribution in [-0.4, -0.2) is 24.1 Å². The minimum Gasteiger partial charge on any atom is -0.490 e. The molecule has 3 rings (SSSR count). The Morgan fingerprint density at radius 2 is 1.90 bits per heavy atom. The predicted molar refractivity (Wildman–Crippen MR) is 128 cm³/mol. The lowest BCUT2D eigenvalue weighted by Crippen LogP contribution is -2.07. The molecular formula is C25H28N2O3S. The van der Waals surface area contributed by atoms with Crippen LogP contribution in [0.15, 0.2) is 53.9 Å². The molecule has 0 aliphatic rings. The third-order valence-electron chi connectivity index (χ3n) is 4.53. The van der Waals surface area contributed by atoms with Gasteiger partial charge in [0.25, 0.3) is 0 Å². The number of nitrogens with zero attached hydrogens (tertiary/aromatic N) is 1. The Kier molecular flexibility index (Phi) is 8.24. The summed E-state index contributed by atoms with van der Waals surface area (Å²) in [5.74, 6) is 1.18. The number of benzene rings is 2. The Labute approximate surface area is 187 Å². The minimum atomic E-state index is -0.231. The number of aromatic nitrogens is 1. The smallest absolute Gasteiger partial charge is 0.250 e. The van der Waals surface area contributed by atoms with Crippen LogP contribution in [0, 0.1) is 6.92 Å². The number of nitrogens with one attached hydrogen (secondary N) is 1. The van der Waals surface area contributed by atoms with Gasteiger partial charge in [-0.3, -0.25) is 10.1 Å². The molecule has 0 saturated carbocycles. The summed E-state index contributed by atoms with van der Waals surface area (Å²) in [6.45, 7) is 7.32. The highest BCUT2D eigenvalue weighted by Gasteiger charge is 2.08. The standard InChI is InChI=1S/C25H28N2O3S/c1-4-6-15-30-22-13-9-19(16-23(22)29-5-2)10-14-24(28)27-25-26-21(17-31-25)20-11-7-18(3)8-12-20/h7-14,16-17H,4-6,15H2,1-3H3,(H,26,27,28)/b14-10+. The van der Waals surface area contributed by atoms with Crippen molar-refractivity contribution in [1.29, 1.82) is 0 Å². The number of rotatable bonds is 10. The summed E-state index contributed by atoms with van der Waals surface area (Å²) in [7, 11) is 0. The van der Waals surface area contributed by atoms with E-state index in [1.54, 1.807) is 6.08 Å². The number of hydrogen-bond acceptors (Lipinski definition) is 5. The maximum absolute atomic E-state index is 12.3. The van der Waals surface area contributed by atoms with Crippen molar-refractivity contribution in [1.82, 2.24) is 4.98 Å². The molecule has 0 spiro atoms. The molecule has 31 heavy (non-hydrogen) atoms. The molecule has 0 unspecified atom stereocenters. The summed E-state index contributed by atoms with van der Waals surface area (Å²) >= 11 is 1.41. The molecule has 1 aromatic heterocycles. The van der Waals surface area contributed by atoms with E-state index < -0.39 is 0 Å². The fraction of sp³-hybridized carbons (Fsp3) is 0.280. The maximum atomic E-state index is 12.3. The van der Waals surface area contributed by atoms with Crippen LogP contribution in [0.4, 0.5) is 5.13 Å². The number of carbonyl (C=O) groups excluding carboxylic acids is 1. The third kappa shape index (κ3) is 6.69. The van der Waals surface area contributed by atoms with E-state index in [2.05, 4.69) is 17.2 Å². The Morgan fingerprint density at radius 1 is 1.10 bits per heavy atom. The quantitative estimate of drug-likeness (QED) is 0.297. The average molecular weight is 437 g/mol. The Balaban J connectivity index is 1.63. The highest BCUT2D eigenvalue weighted by molar-refractivity contribution is 7.14. The molecule has 5 nitrogen and oxygen atoms in total. The van der Waals surface area contributed by atoms with Crippen molar-refractivity contribution in [2.45, 2.75) is 33.6 Å². The molecule has 1 amide bonds. The number of aryl methyl sites for hydroxylation is 1. The molecule has 1 heterocycles. The lowest BCUT2D eigenvalue weighted by atomic mass is 10.1. The van der Waals surface area contributed by atoms with Gasteiger partial charge in [0.05, 0.1) is 18.9 Å². The molecule has 0 radical (unpaired) electrons. The Hall–Kier alpha value is -3.12. The van der Waals surface area contributed by atoms with Gasteiger partial charge in [0.15, 0.2) is 16.6 Å². The zero-order chi connectivity index (χ0) is 22.1. The summed E-state index contributed by atoms with van der Waals surface area (Å²) < 4.78 is 11.5. The van der Waals surface area contributed by atoms with E-state index in [0.717, 1.165) is 35.4 Å². The van der Waals surface area contributed by atoms with Crippen molar-refractivity contribution in [2.24, 2.45) is 0 Å². The van der Waals surface area contributed by atoms with Gasteiger partial charge in [0.1, 0.15) is 0 Å². The Bertz CT molecular complexity index is 1030. The number of unbranched alkanes of at least 4 members (excludes halogenated alkanes) is 1. The topological polar surface area (TPSA) is 60.5 Å². The van der Waals surface area contributed by atoms with E-state index in [1.807, 2.05) is 61.7 Å². The summed E-state index contributed by atoms with van der Waals surface area (Å²) in [6.07, 6.45) is 5.32. The van der Waals surface area contributed by atoms with E-state index in [1.165, 1.54) is 23.0 Å². The highest BCUT2D eigenvalue weighted by atomic mass is 32.1. The first-order valence-corrected chi connectivity index (χ1v) is 11.4. The van der Waals surface area contributed by atoms with Crippen molar-refractivity contribution in [3.8, 4) is 22.8 Å². The van der Waals surface area contributed by atoms with Crippen LogP contribution in [0.25, 0.3) is 17.3 Å². The van der Waals surface area contributed by atoms with Crippen LogP contribution in [0.2, 0.25) is 0 Å². The zero-order valence-electron chi connectivity index (χ0n) is 18.2. The Morgan fingerprint density at radius 3 is 2.65 bits per heavy atom. The second kappa shape index (κ2) is 11.3. The lowest BCUT2D eigenvalue weighted by molar-refractivity contribution is -0.111. The number of amides is 1. The van der Waals surface area contributed by atoms with E-state index >= 15 is 0 Å². The van der Waals surface area contributed by atoms with E-state index in [-0.39, 0.29) is 5.91 Å². The molecule has 6 heteroatoms. The molecule has 2 aromatic carbocycles. The molecule has 0 aliphatic carbocycles. The molecule has 0 saturated heterocycles. The van der Waals surface area contributed by atoms with E-state index in [4.69, 9.17) is 9.47 Å². The normalized spacial score (nSPS) is 10.9. The maximum Gasteiger partial charge on any atom is 0.250 e. The largest absolute Gasteiger partial charge is 0.490 e. The first kappa shape index (κ1) is 22.6. The molecular weight excluding hydrogens is 408 g/mol. The van der Waals surface area contributed by atoms with Gasteiger partial charge in [0, 0.05) is 17.0 Å². The SMILES string of the molecule is CCCCOc1ccc(/C=C/C(=O)Nc2nc(-c3ccc(C)cc3)cs2)cc1OCC. The van der Waals surface area contributed by atoms with Crippen molar-refractivity contribution >= 4 is 28.5 Å². The second-order valence-corrected chi connectivity index (χ2v) is 7.93. The monoisotopic (exact) mass is 436 g/mol. The summed E-state index contributed by atoms with van der Waals surface area (Å²) in [5.41, 5.74) is 3.94.